The van der Waals surface area contributed by atoms with E-state index in [9.17, 15) is 9.59 Å². The van der Waals surface area contributed by atoms with Crippen molar-refractivity contribution >= 4 is 12.0 Å². The summed E-state index contributed by atoms with van der Waals surface area (Å²) in [4.78, 5) is 27.3. The molecule has 2 amide bonds. The van der Waals surface area contributed by atoms with Gasteiger partial charge >= 0.3 is 6.09 Å². The second-order valence-electron chi connectivity index (χ2n) is 5.63. The second kappa shape index (κ2) is 7.96. The smallest absolute Gasteiger partial charge is 0.409 e. The molecule has 0 bridgehead atoms. The Bertz CT molecular complexity index is 530. The number of carbonyl (C=O) groups is 2. The number of nitrogens with zero attached hydrogens (tertiary/aromatic N) is 3. The number of hydrogen-bond donors (Lipinski definition) is 1. The van der Waals surface area contributed by atoms with Crippen molar-refractivity contribution in [1.29, 1.82) is 0 Å². The van der Waals surface area contributed by atoms with Gasteiger partial charge in [0.2, 0.25) is 5.91 Å². The van der Waals surface area contributed by atoms with E-state index in [1.54, 1.807) is 4.90 Å². The first-order valence-electron chi connectivity index (χ1n) is 7.75. The fraction of sp³-hybridized carbons (Fsp3) is 0.667. The van der Waals surface area contributed by atoms with Gasteiger partial charge in [0.15, 0.2) is 0 Å². The highest BCUT2D eigenvalue weighted by atomic mass is 16.5. The van der Waals surface area contributed by atoms with E-state index < -0.39 is 0 Å². The molecule has 0 aliphatic carbocycles. The van der Waals surface area contributed by atoms with Crippen molar-refractivity contribution in [3.8, 4) is 0 Å². The quantitative estimate of drug-likeness (QED) is 0.840. The Morgan fingerprint density at radius 3 is 2.52 bits per heavy atom. The molecule has 1 aromatic rings. The highest BCUT2D eigenvalue weighted by molar-refractivity contribution is 5.78. The average molecular weight is 324 g/mol. The molecule has 1 aromatic heterocycles. The summed E-state index contributed by atoms with van der Waals surface area (Å²) in [5.41, 5.74) is 1.62. The van der Waals surface area contributed by atoms with Crippen LogP contribution >= 0.6 is 0 Å². The van der Waals surface area contributed by atoms with Crippen molar-refractivity contribution in [2.75, 3.05) is 46.4 Å². The maximum Gasteiger partial charge on any atom is 0.409 e. The number of nitrogens with one attached hydrogen (secondary N) is 1. The van der Waals surface area contributed by atoms with Gasteiger partial charge in [-0.3, -0.25) is 9.69 Å². The van der Waals surface area contributed by atoms with E-state index in [0.717, 1.165) is 30.9 Å². The Morgan fingerprint density at radius 1 is 1.26 bits per heavy atom. The van der Waals surface area contributed by atoms with E-state index in [2.05, 4.69) is 15.4 Å². The summed E-state index contributed by atoms with van der Waals surface area (Å²) in [7, 11) is 1.39. The van der Waals surface area contributed by atoms with E-state index >= 15 is 0 Å². The molecule has 0 atom stereocenters. The molecule has 128 valence electrons. The molecule has 8 heteroatoms. The summed E-state index contributed by atoms with van der Waals surface area (Å²) in [6, 6.07) is 0. The zero-order chi connectivity index (χ0) is 16.8. The molecule has 1 N–H and O–H groups in total. The van der Waals surface area contributed by atoms with Crippen molar-refractivity contribution in [3.05, 3.63) is 17.0 Å². The standard InChI is InChI=1S/C15H24N4O4/c1-11-13(12(2)23-17-11)10-14(20)16-4-5-18-6-8-19(9-7-18)15(21)22-3/h4-10H2,1-3H3,(H,16,20). The molecular weight excluding hydrogens is 300 g/mol. The summed E-state index contributed by atoms with van der Waals surface area (Å²) in [6.07, 6.45) is 0.00880. The molecule has 0 aromatic carbocycles. The van der Waals surface area contributed by atoms with Crippen molar-refractivity contribution in [3.63, 3.8) is 0 Å². The number of methoxy groups -OCH3 is 1. The van der Waals surface area contributed by atoms with Crippen LogP contribution in [-0.4, -0.2) is 73.3 Å². The Hall–Kier alpha value is -2.09. The molecule has 0 unspecified atom stereocenters. The van der Waals surface area contributed by atoms with E-state index in [-0.39, 0.29) is 18.4 Å². The van der Waals surface area contributed by atoms with Crippen LogP contribution in [0.3, 0.4) is 0 Å². The number of ether oxygens (including phenoxy) is 1. The molecule has 1 saturated heterocycles. The van der Waals surface area contributed by atoms with Crippen LogP contribution in [-0.2, 0) is 16.0 Å². The number of piperazine rings is 1. The lowest BCUT2D eigenvalue weighted by Gasteiger charge is -2.33. The molecule has 1 aliphatic rings. The summed E-state index contributed by atoms with van der Waals surface area (Å²) in [5.74, 6) is 0.657. The fourth-order valence-corrected chi connectivity index (χ4v) is 2.61. The predicted octanol–water partition coefficient (Wildman–Crippen LogP) is 0.334. The number of rotatable bonds is 5. The topological polar surface area (TPSA) is 87.9 Å². The number of aryl methyl sites for hydroxylation is 2. The largest absolute Gasteiger partial charge is 0.453 e. The van der Waals surface area contributed by atoms with Crippen molar-refractivity contribution < 1.29 is 18.8 Å². The van der Waals surface area contributed by atoms with Gasteiger partial charge in [0, 0.05) is 44.8 Å². The van der Waals surface area contributed by atoms with Gasteiger partial charge in [-0.05, 0) is 13.8 Å². The summed E-state index contributed by atoms with van der Waals surface area (Å²) in [6.45, 7) is 7.87. The van der Waals surface area contributed by atoms with Gasteiger partial charge in [0.05, 0.1) is 19.2 Å². The monoisotopic (exact) mass is 324 g/mol. The Labute approximate surface area is 135 Å². The van der Waals surface area contributed by atoms with Crippen LogP contribution in [0.1, 0.15) is 17.0 Å². The van der Waals surface area contributed by atoms with Crippen molar-refractivity contribution in [1.82, 2.24) is 20.3 Å². The van der Waals surface area contributed by atoms with Gasteiger partial charge < -0.3 is 19.5 Å². The van der Waals surface area contributed by atoms with Gasteiger partial charge in [-0.1, -0.05) is 5.16 Å². The first-order chi connectivity index (χ1) is 11.0. The van der Waals surface area contributed by atoms with Gasteiger partial charge in [-0.15, -0.1) is 0 Å². The summed E-state index contributed by atoms with van der Waals surface area (Å²) in [5, 5.41) is 6.76. The van der Waals surface area contributed by atoms with E-state index in [0.29, 0.717) is 25.4 Å². The van der Waals surface area contributed by atoms with Crippen LogP contribution in [0, 0.1) is 13.8 Å². The lowest BCUT2D eigenvalue weighted by atomic mass is 10.1. The average Bonchev–Trinajstić information content (AvgIpc) is 2.86. The van der Waals surface area contributed by atoms with Crippen LogP contribution in [0.5, 0.6) is 0 Å². The van der Waals surface area contributed by atoms with E-state index in [4.69, 9.17) is 9.26 Å². The minimum absolute atomic E-state index is 0.0346. The van der Waals surface area contributed by atoms with Crippen LogP contribution in [0.4, 0.5) is 4.79 Å². The van der Waals surface area contributed by atoms with Gasteiger partial charge in [-0.2, -0.15) is 0 Å². The molecule has 1 fully saturated rings. The minimum atomic E-state index is -0.280. The molecule has 0 radical (unpaired) electrons. The maximum atomic E-state index is 12.0. The third-order valence-electron chi connectivity index (χ3n) is 4.07. The highest BCUT2D eigenvalue weighted by Crippen LogP contribution is 2.12. The Morgan fingerprint density at radius 2 is 1.96 bits per heavy atom. The SMILES string of the molecule is COC(=O)N1CCN(CCNC(=O)Cc2c(C)noc2C)CC1. The summed E-state index contributed by atoms with van der Waals surface area (Å²) >= 11 is 0. The maximum absolute atomic E-state index is 12.0. The van der Waals surface area contributed by atoms with Crippen molar-refractivity contribution in [2.45, 2.75) is 20.3 Å². The van der Waals surface area contributed by atoms with E-state index in [1.165, 1.54) is 7.11 Å². The van der Waals surface area contributed by atoms with Gasteiger partial charge in [-0.25, -0.2) is 4.79 Å². The van der Waals surface area contributed by atoms with Crippen LogP contribution in [0.2, 0.25) is 0 Å². The number of hydrogen-bond acceptors (Lipinski definition) is 6. The van der Waals surface area contributed by atoms with Crippen LogP contribution < -0.4 is 5.32 Å². The summed E-state index contributed by atoms with van der Waals surface area (Å²) < 4.78 is 9.76. The third-order valence-corrected chi connectivity index (χ3v) is 4.07. The first kappa shape index (κ1) is 17.3. The van der Waals surface area contributed by atoms with Gasteiger partial charge in [0.25, 0.3) is 0 Å². The molecule has 8 nitrogen and oxygen atoms in total. The number of amides is 2. The number of carbonyl (C=O) groups excluding carboxylic acids is 2. The van der Waals surface area contributed by atoms with E-state index in [1.807, 2.05) is 13.8 Å². The second-order valence-corrected chi connectivity index (χ2v) is 5.63. The minimum Gasteiger partial charge on any atom is -0.453 e. The predicted molar refractivity (Wildman–Crippen MR) is 83.1 cm³/mol. The third kappa shape index (κ3) is 4.69. The normalized spacial score (nSPS) is 15.5. The zero-order valence-corrected chi connectivity index (χ0v) is 13.9. The number of aromatic nitrogens is 1. The van der Waals surface area contributed by atoms with Crippen LogP contribution in [0.15, 0.2) is 4.52 Å². The Kier molecular flexibility index (Phi) is 5.97. The fourth-order valence-electron chi connectivity index (χ4n) is 2.61. The Balaban J connectivity index is 1.66. The molecule has 0 spiro atoms. The van der Waals surface area contributed by atoms with Gasteiger partial charge in [0.1, 0.15) is 5.76 Å². The lowest BCUT2D eigenvalue weighted by molar-refractivity contribution is -0.120. The lowest BCUT2D eigenvalue weighted by Crippen LogP contribution is -2.50. The molecule has 1 aliphatic heterocycles. The molecular formula is C15H24N4O4. The molecule has 2 rings (SSSR count). The highest BCUT2D eigenvalue weighted by Gasteiger charge is 2.21. The van der Waals surface area contributed by atoms with Crippen LogP contribution in [0.25, 0.3) is 0 Å². The molecule has 2 heterocycles. The zero-order valence-electron chi connectivity index (χ0n) is 13.9. The first-order valence-corrected chi connectivity index (χ1v) is 7.75. The van der Waals surface area contributed by atoms with Crippen molar-refractivity contribution in [2.24, 2.45) is 0 Å². The molecule has 0 saturated carbocycles. The molecule has 23 heavy (non-hydrogen) atoms.